The standard InChI is InChI=1S/C13H18F3N3/c1-17-11-8-10(13(14,15)16)9-12(18-11)19-6-4-2-3-5-7-19/h8-9H,2-7H2,1H3,(H,17,18). The highest BCUT2D eigenvalue weighted by Gasteiger charge is 2.32. The smallest absolute Gasteiger partial charge is 0.373 e. The van der Waals surface area contributed by atoms with Gasteiger partial charge in [-0.25, -0.2) is 4.98 Å². The fourth-order valence-corrected chi connectivity index (χ4v) is 2.27. The topological polar surface area (TPSA) is 28.2 Å². The van der Waals surface area contributed by atoms with Crippen molar-refractivity contribution in [3.05, 3.63) is 17.7 Å². The Labute approximate surface area is 110 Å². The predicted molar refractivity (Wildman–Crippen MR) is 69.5 cm³/mol. The number of rotatable bonds is 2. The Bertz CT molecular complexity index is 424. The number of nitrogens with one attached hydrogen (secondary N) is 1. The van der Waals surface area contributed by atoms with Gasteiger partial charge in [0.25, 0.3) is 0 Å². The molecule has 1 saturated heterocycles. The first kappa shape index (κ1) is 14.0. The maximum absolute atomic E-state index is 12.9. The van der Waals surface area contributed by atoms with E-state index >= 15 is 0 Å². The van der Waals surface area contributed by atoms with Gasteiger partial charge in [0.05, 0.1) is 5.56 Å². The summed E-state index contributed by atoms with van der Waals surface area (Å²) >= 11 is 0. The maximum atomic E-state index is 12.9. The number of hydrogen-bond acceptors (Lipinski definition) is 3. The van der Waals surface area contributed by atoms with Gasteiger partial charge in [-0.3, -0.25) is 0 Å². The molecule has 0 aromatic carbocycles. The van der Waals surface area contributed by atoms with Crippen LogP contribution in [0.1, 0.15) is 31.2 Å². The molecular weight excluding hydrogens is 255 g/mol. The van der Waals surface area contributed by atoms with Gasteiger partial charge in [0.2, 0.25) is 0 Å². The van der Waals surface area contributed by atoms with E-state index in [0.29, 0.717) is 5.82 Å². The molecule has 3 nitrogen and oxygen atoms in total. The second kappa shape index (κ2) is 5.67. The summed E-state index contributed by atoms with van der Waals surface area (Å²) in [6, 6.07) is 2.19. The second-order valence-corrected chi connectivity index (χ2v) is 4.75. The largest absolute Gasteiger partial charge is 0.416 e. The summed E-state index contributed by atoms with van der Waals surface area (Å²) < 4.78 is 38.6. The highest BCUT2D eigenvalue weighted by molar-refractivity contribution is 5.51. The van der Waals surface area contributed by atoms with Gasteiger partial charge in [0, 0.05) is 20.1 Å². The average Bonchev–Trinajstić information content (AvgIpc) is 2.66. The molecule has 1 aromatic rings. The van der Waals surface area contributed by atoms with E-state index in [9.17, 15) is 13.2 Å². The van der Waals surface area contributed by atoms with Crippen molar-refractivity contribution in [2.75, 3.05) is 30.4 Å². The van der Waals surface area contributed by atoms with Crippen molar-refractivity contribution in [3.63, 3.8) is 0 Å². The third-order valence-corrected chi connectivity index (χ3v) is 3.33. The first-order valence-corrected chi connectivity index (χ1v) is 6.52. The Balaban J connectivity index is 2.33. The lowest BCUT2D eigenvalue weighted by Crippen LogP contribution is -2.25. The molecule has 1 aliphatic heterocycles. The molecule has 0 unspecified atom stereocenters. The van der Waals surface area contributed by atoms with Crippen LogP contribution in [0.15, 0.2) is 12.1 Å². The summed E-state index contributed by atoms with van der Waals surface area (Å²) in [5.41, 5.74) is -0.647. The van der Waals surface area contributed by atoms with Gasteiger partial charge in [-0.1, -0.05) is 12.8 Å². The Morgan fingerprint density at radius 3 is 2.26 bits per heavy atom. The fraction of sp³-hybridized carbons (Fsp3) is 0.615. The minimum absolute atomic E-state index is 0.258. The molecule has 0 atom stereocenters. The molecule has 0 amide bonds. The average molecular weight is 273 g/mol. The van der Waals surface area contributed by atoms with E-state index in [1.807, 2.05) is 4.90 Å². The van der Waals surface area contributed by atoms with Crippen molar-refractivity contribution in [2.45, 2.75) is 31.9 Å². The number of nitrogens with zero attached hydrogens (tertiary/aromatic N) is 2. The molecule has 2 heterocycles. The summed E-state index contributed by atoms with van der Waals surface area (Å²) in [6.07, 6.45) is -0.0581. The van der Waals surface area contributed by atoms with E-state index < -0.39 is 11.7 Å². The van der Waals surface area contributed by atoms with Gasteiger partial charge in [0.1, 0.15) is 11.6 Å². The lowest BCUT2D eigenvalue weighted by Gasteiger charge is -2.23. The Hall–Kier alpha value is -1.46. The Morgan fingerprint density at radius 1 is 1.11 bits per heavy atom. The monoisotopic (exact) mass is 273 g/mol. The van der Waals surface area contributed by atoms with Gasteiger partial charge < -0.3 is 10.2 Å². The van der Waals surface area contributed by atoms with Gasteiger partial charge in [-0.15, -0.1) is 0 Å². The third kappa shape index (κ3) is 3.52. The fourth-order valence-electron chi connectivity index (χ4n) is 2.27. The first-order valence-electron chi connectivity index (χ1n) is 6.52. The van der Waals surface area contributed by atoms with Crippen molar-refractivity contribution >= 4 is 11.6 Å². The third-order valence-electron chi connectivity index (χ3n) is 3.33. The number of anilines is 2. The Morgan fingerprint density at radius 2 is 1.74 bits per heavy atom. The first-order chi connectivity index (χ1) is 9.00. The molecule has 1 fully saturated rings. The summed E-state index contributed by atoms with van der Waals surface area (Å²) in [7, 11) is 1.58. The molecule has 1 aromatic heterocycles. The molecule has 1 N–H and O–H groups in total. The normalized spacial score (nSPS) is 17.2. The molecule has 0 bridgehead atoms. The summed E-state index contributed by atoms with van der Waals surface area (Å²) in [4.78, 5) is 6.19. The zero-order valence-electron chi connectivity index (χ0n) is 10.9. The summed E-state index contributed by atoms with van der Waals surface area (Å²) in [6.45, 7) is 1.55. The number of halogens is 3. The molecule has 0 spiro atoms. The van der Waals surface area contributed by atoms with Crippen LogP contribution in [-0.2, 0) is 6.18 Å². The highest BCUT2D eigenvalue weighted by atomic mass is 19.4. The molecule has 6 heteroatoms. The summed E-state index contributed by atoms with van der Waals surface area (Å²) in [5, 5.41) is 2.70. The van der Waals surface area contributed by atoms with Crippen molar-refractivity contribution in [1.82, 2.24) is 4.98 Å². The highest BCUT2D eigenvalue weighted by Crippen LogP contribution is 2.33. The molecule has 1 aliphatic rings. The molecule has 0 saturated carbocycles. The van der Waals surface area contributed by atoms with E-state index in [1.54, 1.807) is 7.05 Å². The van der Waals surface area contributed by atoms with E-state index in [0.717, 1.165) is 50.9 Å². The second-order valence-electron chi connectivity index (χ2n) is 4.75. The van der Waals surface area contributed by atoms with Crippen molar-refractivity contribution in [2.24, 2.45) is 0 Å². The van der Waals surface area contributed by atoms with Gasteiger partial charge >= 0.3 is 6.18 Å². The van der Waals surface area contributed by atoms with Crippen LogP contribution in [0.5, 0.6) is 0 Å². The summed E-state index contributed by atoms with van der Waals surface area (Å²) in [5.74, 6) is 0.676. The van der Waals surface area contributed by atoms with Crippen LogP contribution in [0, 0.1) is 0 Å². The lowest BCUT2D eigenvalue weighted by atomic mass is 10.2. The van der Waals surface area contributed by atoms with E-state index in [1.165, 1.54) is 0 Å². The van der Waals surface area contributed by atoms with Crippen LogP contribution in [0.4, 0.5) is 24.8 Å². The van der Waals surface area contributed by atoms with Crippen molar-refractivity contribution < 1.29 is 13.2 Å². The SMILES string of the molecule is CNc1cc(C(F)(F)F)cc(N2CCCCCC2)n1. The van der Waals surface area contributed by atoms with Crippen molar-refractivity contribution in [3.8, 4) is 0 Å². The molecular formula is C13H18F3N3. The Kier molecular flexibility index (Phi) is 4.17. The minimum atomic E-state index is -4.34. The zero-order chi connectivity index (χ0) is 13.9. The van der Waals surface area contributed by atoms with Gasteiger partial charge in [0.15, 0.2) is 0 Å². The molecule has 19 heavy (non-hydrogen) atoms. The van der Waals surface area contributed by atoms with Crippen molar-refractivity contribution in [1.29, 1.82) is 0 Å². The quantitative estimate of drug-likeness (QED) is 0.893. The van der Waals surface area contributed by atoms with Crippen LogP contribution in [0.3, 0.4) is 0 Å². The van der Waals surface area contributed by atoms with Crippen LogP contribution in [0.25, 0.3) is 0 Å². The van der Waals surface area contributed by atoms with Gasteiger partial charge in [-0.05, 0) is 25.0 Å². The predicted octanol–water partition coefficient (Wildman–Crippen LogP) is 3.52. The molecule has 106 valence electrons. The number of hydrogen-bond donors (Lipinski definition) is 1. The zero-order valence-corrected chi connectivity index (χ0v) is 10.9. The molecule has 0 aliphatic carbocycles. The van der Waals surface area contributed by atoms with E-state index in [-0.39, 0.29) is 5.82 Å². The lowest BCUT2D eigenvalue weighted by molar-refractivity contribution is -0.137. The molecule has 0 radical (unpaired) electrons. The van der Waals surface area contributed by atoms with E-state index in [2.05, 4.69) is 10.3 Å². The number of pyridine rings is 1. The minimum Gasteiger partial charge on any atom is -0.373 e. The number of alkyl halides is 3. The van der Waals surface area contributed by atoms with E-state index in [4.69, 9.17) is 0 Å². The van der Waals surface area contributed by atoms with Crippen LogP contribution in [-0.4, -0.2) is 25.1 Å². The van der Waals surface area contributed by atoms with Crippen LogP contribution < -0.4 is 10.2 Å². The van der Waals surface area contributed by atoms with Gasteiger partial charge in [-0.2, -0.15) is 13.2 Å². The number of aromatic nitrogens is 1. The van der Waals surface area contributed by atoms with Crippen LogP contribution >= 0.6 is 0 Å². The van der Waals surface area contributed by atoms with Crippen LogP contribution in [0.2, 0.25) is 0 Å². The molecule has 2 rings (SSSR count). The maximum Gasteiger partial charge on any atom is 0.416 e.